The third-order valence-corrected chi connectivity index (χ3v) is 4.58. The largest absolute Gasteiger partial charge is 0.0909 e. The molecule has 3 unspecified atom stereocenters. The Kier molecular flexibility index (Phi) is 4.14. The summed E-state index contributed by atoms with van der Waals surface area (Å²) in [7, 11) is 0. The molecule has 98 valence electrons. The van der Waals surface area contributed by atoms with Gasteiger partial charge in [0.2, 0.25) is 0 Å². The minimum atomic E-state index is 0.122. The van der Waals surface area contributed by atoms with Crippen LogP contribution in [0.25, 0.3) is 10.4 Å². The van der Waals surface area contributed by atoms with Gasteiger partial charge in [-0.15, -0.1) is 0 Å². The molecule has 0 aromatic carbocycles. The van der Waals surface area contributed by atoms with E-state index in [1.54, 1.807) is 0 Å². The SMILES string of the molecule is CC(CC1CC(C)(C)CC(C)(C)C1C)N=[N+]=[N-]. The van der Waals surface area contributed by atoms with Crippen LogP contribution >= 0.6 is 0 Å². The van der Waals surface area contributed by atoms with E-state index in [0.29, 0.717) is 22.7 Å². The van der Waals surface area contributed by atoms with Crippen LogP contribution in [0.5, 0.6) is 0 Å². The molecule has 0 heterocycles. The maximum absolute atomic E-state index is 8.50. The predicted octanol–water partition coefficient (Wildman–Crippen LogP) is 5.17. The highest BCUT2D eigenvalue weighted by Gasteiger charge is 2.43. The Morgan fingerprint density at radius 1 is 1.35 bits per heavy atom. The second-order valence-electron chi connectivity index (χ2n) is 7.37. The average Bonchev–Trinajstić information content (AvgIpc) is 2.11. The van der Waals surface area contributed by atoms with Crippen molar-refractivity contribution in [3.63, 3.8) is 0 Å². The zero-order valence-electron chi connectivity index (χ0n) is 12.2. The van der Waals surface area contributed by atoms with Crippen molar-refractivity contribution in [2.45, 2.75) is 66.8 Å². The quantitative estimate of drug-likeness (QED) is 0.369. The maximum Gasteiger partial charge on any atom is 0.0348 e. The van der Waals surface area contributed by atoms with Crippen LogP contribution in [0.4, 0.5) is 0 Å². The number of hydrogen-bond acceptors (Lipinski definition) is 1. The number of azide groups is 1. The van der Waals surface area contributed by atoms with Gasteiger partial charge in [0.25, 0.3) is 0 Å². The Bertz CT molecular complexity index is 313. The summed E-state index contributed by atoms with van der Waals surface area (Å²) in [4.78, 5) is 2.92. The Hall–Kier alpha value is -0.690. The van der Waals surface area contributed by atoms with Gasteiger partial charge in [-0.05, 0) is 47.5 Å². The molecule has 0 radical (unpaired) electrons. The molecule has 17 heavy (non-hydrogen) atoms. The lowest BCUT2D eigenvalue weighted by Gasteiger charge is -2.50. The molecule has 3 nitrogen and oxygen atoms in total. The second-order valence-corrected chi connectivity index (χ2v) is 7.37. The maximum atomic E-state index is 8.50. The van der Waals surface area contributed by atoms with Gasteiger partial charge in [0.1, 0.15) is 0 Å². The summed E-state index contributed by atoms with van der Waals surface area (Å²) >= 11 is 0. The fourth-order valence-electron chi connectivity index (χ4n) is 3.85. The van der Waals surface area contributed by atoms with E-state index in [9.17, 15) is 0 Å². The molecule has 0 aliphatic heterocycles. The normalized spacial score (nSPS) is 32.6. The standard InChI is InChI=1S/C14H27N3/c1-10(16-17-15)7-12-8-13(3,4)9-14(5,6)11(12)2/h10-12H,7-9H2,1-6H3. The highest BCUT2D eigenvalue weighted by Crippen LogP contribution is 2.52. The average molecular weight is 237 g/mol. The smallest absolute Gasteiger partial charge is 0.0348 e. The van der Waals surface area contributed by atoms with Crippen LogP contribution in [0.3, 0.4) is 0 Å². The molecule has 3 heteroatoms. The third-order valence-electron chi connectivity index (χ3n) is 4.58. The molecule has 0 amide bonds. The summed E-state index contributed by atoms with van der Waals surface area (Å²) < 4.78 is 0. The highest BCUT2D eigenvalue weighted by molar-refractivity contribution is 4.94. The Balaban J connectivity index is 2.79. The first-order valence-corrected chi connectivity index (χ1v) is 6.72. The monoisotopic (exact) mass is 237 g/mol. The van der Waals surface area contributed by atoms with Gasteiger partial charge in [-0.3, -0.25) is 0 Å². The van der Waals surface area contributed by atoms with E-state index < -0.39 is 0 Å². The molecular formula is C14H27N3. The van der Waals surface area contributed by atoms with E-state index >= 15 is 0 Å². The van der Waals surface area contributed by atoms with Crippen molar-refractivity contribution in [1.29, 1.82) is 0 Å². The van der Waals surface area contributed by atoms with Crippen LogP contribution < -0.4 is 0 Å². The van der Waals surface area contributed by atoms with Crippen molar-refractivity contribution in [2.24, 2.45) is 27.8 Å². The Morgan fingerprint density at radius 2 is 1.94 bits per heavy atom. The van der Waals surface area contributed by atoms with Gasteiger partial charge in [-0.25, -0.2) is 0 Å². The van der Waals surface area contributed by atoms with Crippen LogP contribution in [0.1, 0.15) is 60.8 Å². The predicted molar refractivity (Wildman–Crippen MR) is 72.7 cm³/mol. The molecule has 0 aromatic heterocycles. The van der Waals surface area contributed by atoms with Crippen LogP contribution in [-0.2, 0) is 0 Å². The first kappa shape index (κ1) is 14.4. The lowest BCUT2D eigenvalue weighted by Crippen LogP contribution is -2.41. The molecule has 0 spiro atoms. The van der Waals surface area contributed by atoms with Gasteiger partial charge in [-0.1, -0.05) is 46.7 Å². The summed E-state index contributed by atoms with van der Waals surface area (Å²) in [5.41, 5.74) is 9.30. The molecular weight excluding hydrogens is 210 g/mol. The first-order valence-electron chi connectivity index (χ1n) is 6.72. The number of nitrogens with zero attached hydrogens (tertiary/aromatic N) is 3. The van der Waals surface area contributed by atoms with Crippen LogP contribution in [0.15, 0.2) is 5.11 Å². The van der Waals surface area contributed by atoms with Crippen molar-refractivity contribution >= 4 is 0 Å². The summed E-state index contributed by atoms with van der Waals surface area (Å²) in [6.45, 7) is 13.9. The minimum Gasteiger partial charge on any atom is -0.0909 e. The molecule has 0 N–H and O–H groups in total. The van der Waals surface area contributed by atoms with Crippen LogP contribution in [0.2, 0.25) is 0 Å². The zero-order valence-corrected chi connectivity index (χ0v) is 12.2. The van der Waals surface area contributed by atoms with Crippen molar-refractivity contribution in [1.82, 2.24) is 0 Å². The Morgan fingerprint density at radius 3 is 2.47 bits per heavy atom. The van der Waals surface area contributed by atoms with E-state index in [2.05, 4.69) is 44.6 Å². The molecule has 0 saturated heterocycles. The van der Waals surface area contributed by atoms with Gasteiger partial charge in [0.05, 0.1) is 0 Å². The topological polar surface area (TPSA) is 48.8 Å². The van der Waals surface area contributed by atoms with E-state index in [-0.39, 0.29) is 6.04 Å². The number of rotatable bonds is 3. The van der Waals surface area contributed by atoms with Gasteiger partial charge in [0, 0.05) is 11.0 Å². The van der Waals surface area contributed by atoms with Crippen molar-refractivity contribution in [3.8, 4) is 0 Å². The number of hydrogen-bond donors (Lipinski definition) is 0. The fourth-order valence-corrected chi connectivity index (χ4v) is 3.85. The Labute approximate surface area is 106 Å². The van der Waals surface area contributed by atoms with Gasteiger partial charge >= 0.3 is 0 Å². The van der Waals surface area contributed by atoms with E-state index in [0.717, 1.165) is 6.42 Å². The first-order chi connectivity index (χ1) is 7.68. The molecule has 1 fully saturated rings. The van der Waals surface area contributed by atoms with Crippen LogP contribution in [0, 0.1) is 22.7 Å². The van der Waals surface area contributed by atoms with Crippen molar-refractivity contribution in [2.75, 3.05) is 0 Å². The van der Waals surface area contributed by atoms with E-state index in [4.69, 9.17) is 5.53 Å². The highest BCUT2D eigenvalue weighted by atomic mass is 15.1. The van der Waals surface area contributed by atoms with Crippen molar-refractivity contribution < 1.29 is 0 Å². The summed E-state index contributed by atoms with van der Waals surface area (Å²) in [5.74, 6) is 1.38. The minimum absolute atomic E-state index is 0.122. The molecule has 3 atom stereocenters. The molecule has 1 saturated carbocycles. The van der Waals surface area contributed by atoms with Crippen LogP contribution in [-0.4, -0.2) is 6.04 Å². The van der Waals surface area contributed by atoms with Crippen molar-refractivity contribution in [3.05, 3.63) is 10.4 Å². The zero-order chi connectivity index (χ0) is 13.3. The van der Waals surface area contributed by atoms with E-state index in [1.807, 2.05) is 6.92 Å². The third kappa shape index (κ3) is 3.64. The second kappa shape index (κ2) is 4.89. The molecule has 1 aliphatic rings. The summed E-state index contributed by atoms with van der Waals surface area (Å²) in [5, 5.41) is 3.83. The van der Waals surface area contributed by atoms with Gasteiger partial charge < -0.3 is 0 Å². The summed E-state index contributed by atoms with van der Waals surface area (Å²) in [6.07, 6.45) is 3.56. The molecule has 1 aliphatic carbocycles. The van der Waals surface area contributed by atoms with Gasteiger partial charge in [0.15, 0.2) is 0 Å². The molecule has 1 rings (SSSR count). The lowest BCUT2D eigenvalue weighted by atomic mass is 9.55. The van der Waals surface area contributed by atoms with E-state index in [1.165, 1.54) is 12.8 Å². The molecule has 0 bridgehead atoms. The van der Waals surface area contributed by atoms with Gasteiger partial charge in [-0.2, -0.15) is 0 Å². The molecule has 0 aromatic rings. The fraction of sp³-hybridized carbons (Fsp3) is 1.00. The lowest BCUT2D eigenvalue weighted by molar-refractivity contribution is 0.00149. The summed E-state index contributed by atoms with van der Waals surface area (Å²) in [6, 6.07) is 0.122.